The second kappa shape index (κ2) is 5.82. The van der Waals surface area contributed by atoms with Crippen molar-refractivity contribution in [3.63, 3.8) is 0 Å². The number of para-hydroxylation sites is 2. The Morgan fingerprint density at radius 1 is 1.00 bits per heavy atom. The molecule has 0 saturated carbocycles. The molecule has 0 saturated heterocycles. The Hall–Kier alpha value is -2.31. The Labute approximate surface area is 128 Å². The summed E-state index contributed by atoms with van der Waals surface area (Å²) in [5, 5.41) is 0. The van der Waals surface area contributed by atoms with E-state index in [0.29, 0.717) is 11.2 Å². The summed E-state index contributed by atoms with van der Waals surface area (Å²) in [4.78, 5) is 8.69. The molecule has 1 heterocycles. The second-order valence-electron chi connectivity index (χ2n) is 4.88. The van der Waals surface area contributed by atoms with Gasteiger partial charge in [0.05, 0.1) is 27.8 Å². The molecule has 0 fully saturated rings. The van der Waals surface area contributed by atoms with Crippen LogP contribution >= 0.6 is 0 Å². The van der Waals surface area contributed by atoms with Crippen molar-refractivity contribution in [2.45, 2.75) is 18.4 Å². The molecule has 112 valence electrons. The summed E-state index contributed by atoms with van der Waals surface area (Å²) in [5.74, 6) is 0. The molecule has 0 aliphatic heterocycles. The summed E-state index contributed by atoms with van der Waals surface area (Å²) >= 11 is 0. The molecule has 0 aliphatic carbocycles. The summed E-state index contributed by atoms with van der Waals surface area (Å²) in [5.41, 5.74) is 2.91. The minimum Gasteiger partial charge on any atom is -0.260 e. The number of benzene rings is 2. The van der Waals surface area contributed by atoms with Crippen LogP contribution in [0.25, 0.3) is 11.0 Å². The van der Waals surface area contributed by atoms with Crippen LogP contribution in [0.4, 0.5) is 0 Å². The average molecular weight is 314 g/mol. The lowest BCUT2D eigenvalue weighted by Crippen LogP contribution is -2.07. The van der Waals surface area contributed by atoms with Gasteiger partial charge in [0.2, 0.25) is 0 Å². The Balaban J connectivity index is 1.79. The third kappa shape index (κ3) is 3.13. The summed E-state index contributed by atoms with van der Waals surface area (Å²) < 4.78 is 29.3. The molecule has 0 spiro atoms. The Morgan fingerprint density at radius 3 is 2.41 bits per heavy atom. The van der Waals surface area contributed by atoms with E-state index in [1.165, 1.54) is 18.3 Å². The molecule has 0 aliphatic rings. The second-order valence-corrected chi connectivity index (χ2v) is 6.49. The Bertz CT molecular complexity index is 906. The zero-order valence-corrected chi connectivity index (χ0v) is 12.7. The largest absolute Gasteiger partial charge is 0.297 e. The van der Waals surface area contributed by atoms with Gasteiger partial charge < -0.3 is 0 Å². The highest BCUT2D eigenvalue weighted by Crippen LogP contribution is 2.15. The van der Waals surface area contributed by atoms with E-state index in [2.05, 4.69) is 9.97 Å². The zero-order chi connectivity index (χ0) is 15.6. The normalized spacial score (nSPS) is 11.7. The maximum atomic E-state index is 12.1. The molecule has 22 heavy (non-hydrogen) atoms. The van der Waals surface area contributed by atoms with Crippen LogP contribution in [0.5, 0.6) is 0 Å². The minimum absolute atomic E-state index is 0.131. The van der Waals surface area contributed by atoms with Gasteiger partial charge in [0.25, 0.3) is 10.1 Å². The van der Waals surface area contributed by atoms with Crippen molar-refractivity contribution >= 4 is 21.2 Å². The monoisotopic (exact) mass is 314 g/mol. The van der Waals surface area contributed by atoms with Crippen LogP contribution in [0.15, 0.2) is 59.6 Å². The molecular formula is C16H14N2O3S. The molecule has 0 radical (unpaired) electrons. The van der Waals surface area contributed by atoms with Gasteiger partial charge in [-0.1, -0.05) is 29.8 Å². The lowest BCUT2D eigenvalue weighted by atomic mass is 10.2. The highest BCUT2D eigenvalue weighted by atomic mass is 32.2. The molecular weight excluding hydrogens is 300 g/mol. The van der Waals surface area contributed by atoms with E-state index in [1.807, 2.05) is 31.2 Å². The third-order valence-electron chi connectivity index (χ3n) is 3.17. The first-order valence-electron chi connectivity index (χ1n) is 6.71. The number of hydrogen-bond acceptors (Lipinski definition) is 5. The van der Waals surface area contributed by atoms with E-state index >= 15 is 0 Å². The minimum atomic E-state index is -3.80. The van der Waals surface area contributed by atoms with Crippen molar-refractivity contribution in [2.24, 2.45) is 0 Å². The van der Waals surface area contributed by atoms with Gasteiger partial charge in [0.15, 0.2) is 0 Å². The average Bonchev–Trinajstić information content (AvgIpc) is 2.53. The first-order valence-corrected chi connectivity index (χ1v) is 8.12. The molecule has 0 atom stereocenters. The van der Waals surface area contributed by atoms with Crippen molar-refractivity contribution in [1.29, 1.82) is 0 Å². The standard InChI is InChI=1S/C16H14N2O3S/c1-12-6-8-14(9-7-12)22(19,20)21-11-13-10-17-15-4-2-3-5-16(15)18-13/h2-10H,11H2,1H3. The van der Waals surface area contributed by atoms with Crippen LogP contribution in [0.3, 0.4) is 0 Å². The highest BCUT2D eigenvalue weighted by Gasteiger charge is 2.15. The first-order chi connectivity index (χ1) is 10.5. The van der Waals surface area contributed by atoms with Crippen molar-refractivity contribution in [3.8, 4) is 0 Å². The number of fused-ring (bicyclic) bond motifs is 1. The molecule has 1 aromatic heterocycles. The van der Waals surface area contributed by atoms with Crippen LogP contribution < -0.4 is 0 Å². The van der Waals surface area contributed by atoms with Gasteiger partial charge in [-0.25, -0.2) is 4.98 Å². The van der Waals surface area contributed by atoms with Gasteiger partial charge in [-0.3, -0.25) is 9.17 Å². The molecule has 5 nitrogen and oxygen atoms in total. The highest BCUT2D eigenvalue weighted by molar-refractivity contribution is 7.86. The molecule has 0 unspecified atom stereocenters. The van der Waals surface area contributed by atoms with Crippen molar-refractivity contribution in [2.75, 3.05) is 0 Å². The Morgan fingerprint density at radius 2 is 1.68 bits per heavy atom. The fraction of sp³-hybridized carbons (Fsp3) is 0.125. The van der Waals surface area contributed by atoms with Gasteiger partial charge in [0, 0.05) is 0 Å². The van der Waals surface area contributed by atoms with Crippen LogP contribution in [0, 0.1) is 6.92 Å². The van der Waals surface area contributed by atoms with Gasteiger partial charge in [-0.15, -0.1) is 0 Å². The summed E-state index contributed by atoms with van der Waals surface area (Å²) in [6.45, 7) is 1.75. The SMILES string of the molecule is Cc1ccc(S(=O)(=O)OCc2cnc3ccccc3n2)cc1. The fourth-order valence-corrected chi connectivity index (χ4v) is 2.86. The van der Waals surface area contributed by atoms with Gasteiger partial charge in [-0.2, -0.15) is 8.42 Å². The number of aryl methyl sites for hydroxylation is 1. The summed E-state index contributed by atoms with van der Waals surface area (Å²) in [6.07, 6.45) is 1.52. The topological polar surface area (TPSA) is 69.2 Å². The summed E-state index contributed by atoms with van der Waals surface area (Å²) in [6, 6.07) is 13.9. The van der Waals surface area contributed by atoms with E-state index < -0.39 is 10.1 Å². The third-order valence-corrected chi connectivity index (χ3v) is 4.45. The maximum Gasteiger partial charge on any atom is 0.297 e. The molecule has 2 aromatic carbocycles. The van der Waals surface area contributed by atoms with Crippen molar-refractivity contribution in [3.05, 3.63) is 66.0 Å². The van der Waals surface area contributed by atoms with Crippen LogP contribution in [-0.4, -0.2) is 18.4 Å². The van der Waals surface area contributed by atoms with E-state index in [0.717, 1.165) is 11.1 Å². The molecule has 3 rings (SSSR count). The Kier molecular flexibility index (Phi) is 3.87. The molecule has 3 aromatic rings. The van der Waals surface area contributed by atoms with E-state index in [1.54, 1.807) is 12.1 Å². The smallest absolute Gasteiger partial charge is 0.260 e. The van der Waals surface area contributed by atoms with E-state index in [9.17, 15) is 8.42 Å². The molecule has 6 heteroatoms. The zero-order valence-electron chi connectivity index (χ0n) is 11.9. The van der Waals surface area contributed by atoms with Gasteiger partial charge in [0.1, 0.15) is 6.61 Å². The lowest BCUT2D eigenvalue weighted by molar-refractivity contribution is 0.303. The number of nitrogens with zero attached hydrogens (tertiary/aromatic N) is 2. The number of aromatic nitrogens is 2. The molecule has 0 amide bonds. The van der Waals surface area contributed by atoms with Gasteiger partial charge in [-0.05, 0) is 31.2 Å². The van der Waals surface area contributed by atoms with Crippen LogP contribution in [0.1, 0.15) is 11.3 Å². The number of hydrogen-bond donors (Lipinski definition) is 0. The van der Waals surface area contributed by atoms with Crippen molar-refractivity contribution < 1.29 is 12.6 Å². The molecule has 0 bridgehead atoms. The fourth-order valence-electron chi connectivity index (χ4n) is 1.98. The van der Waals surface area contributed by atoms with Crippen LogP contribution in [0.2, 0.25) is 0 Å². The quantitative estimate of drug-likeness (QED) is 0.693. The maximum absolute atomic E-state index is 12.1. The van der Waals surface area contributed by atoms with Crippen LogP contribution in [-0.2, 0) is 20.9 Å². The lowest BCUT2D eigenvalue weighted by Gasteiger charge is -2.06. The number of rotatable bonds is 4. The first kappa shape index (κ1) is 14.6. The van der Waals surface area contributed by atoms with E-state index in [4.69, 9.17) is 4.18 Å². The predicted octanol–water partition coefficient (Wildman–Crippen LogP) is 2.84. The predicted molar refractivity (Wildman–Crippen MR) is 82.7 cm³/mol. The summed E-state index contributed by atoms with van der Waals surface area (Å²) in [7, 11) is -3.80. The molecule has 0 N–H and O–H groups in total. The van der Waals surface area contributed by atoms with E-state index in [-0.39, 0.29) is 11.5 Å². The van der Waals surface area contributed by atoms with Gasteiger partial charge >= 0.3 is 0 Å². The van der Waals surface area contributed by atoms with Crippen molar-refractivity contribution in [1.82, 2.24) is 9.97 Å².